The lowest BCUT2D eigenvalue weighted by Crippen LogP contribution is -2.17. The van der Waals surface area contributed by atoms with Crippen LogP contribution < -0.4 is 10.2 Å². The van der Waals surface area contributed by atoms with Crippen molar-refractivity contribution in [2.75, 3.05) is 6.61 Å². The zero-order valence-electron chi connectivity index (χ0n) is 15.7. The van der Waals surface area contributed by atoms with Gasteiger partial charge in [0.25, 0.3) is 5.91 Å². The molecule has 0 aliphatic rings. The summed E-state index contributed by atoms with van der Waals surface area (Å²) in [5.74, 6) is 0.554. The monoisotopic (exact) mass is 384 g/mol. The van der Waals surface area contributed by atoms with Crippen molar-refractivity contribution in [3.05, 3.63) is 96.4 Å². The molecular weight excluding hydrogens is 364 g/mol. The van der Waals surface area contributed by atoms with Crippen molar-refractivity contribution in [3.8, 4) is 5.75 Å². The van der Waals surface area contributed by atoms with Gasteiger partial charge in [-0.25, -0.2) is 5.43 Å². The fourth-order valence-electron chi connectivity index (χ4n) is 3.06. The van der Waals surface area contributed by atoms with E-state index in [1.165, 1.54) is 6.20 Å². The average Bonchev–Trinajstić information content (AvgIpc) is 3.13. The molecule has 0 saturated carbocycles. The summed E-state index contributed by atoms with van der Waals surface area (Å²) in [5.41, 5.74) is 5.02. The van der Waals surface area contributed by atoms with E-state index in [1.807, 2.05) is 54.7 Å². The van der Waals surface area contributed by atoms with Gasteiger partial charge in [0.05, 0.1) is 18.3 Å². The van der Waals surface area contributed by atoms with Crippen molar-refractivity contribution < 1.29 is 9.53 Å². The number of carbonyl (C=O) groups is 1. The Hall–Kier alpha value is -3.93. The van der Waals surface area contributed by atoms with E-state index in [9.17, 15) is 4.79 Å². The average molecular weight is 384 g/mol. The maximum atomic E-state index is 12.1. The van der Waals surface area contributed by atoms with Crippen LogP contribution in [0.15, 0.2) is 90.4 Å². The van der Waals surface area contributed by atoms with Gasteiger partial charge in [-0.15, -0.1) is 0 Å². The Kier molecular flexibility index (Phi) is 5.62. The van der Waals surface area contributed by atoms with Crippen LogP contribution in [0.4, 0.5) is 0 Å². The SMILES string of the molecule is O=C(NN=Cc1cn(CCOc2ccccc2)c2ccccc12)c1cccnc1. The molecule has 6 heteroatoms. The number of aromatic nitrogens is 2. The number of hydrogen-bond donors (Lipinski definition) is 1. The first-order valence-corrected chi connectivity index (χ1v) is 9.30. The molecule has 144 valence electrons. The summed E-state index contributed by atoms with van der Waals surface area (Å²) in [5, 5.41) is 5.17. The van der Waals surface area contributed by atoms with Gasteiger partial charge < -0.3 is 9.30 Å². The van der Waals surface area contributed by atoms with Crippen molar-refractivity contribution in [2.45, 2.75) is 6.54 Å². The summed E-state index contributed by atoms with van der Waals surface area (Å²) >= 11 is 0. The number of carbonyl (C=O) groups excluding carboxylic acids is 1. The van der Waals surface area contributed by atoms with Crippen molar-refractivity contribution in [3.63, 3.8) is 0 Å². The number of nitrogens with zero attached hydrogens (tertiary/aromatic N) is 3. The first-order chi connectivity index (χ1) is 14.3. The number of nitrogens with one attached hydrogen (secondary N) is 1. The highest BCUT2D eigenvalue weighted by Crippen LogP contribution is 2.20. The quantitative estimate of drug-likeness (QED) is 0.388. The van der Waals surface area contributed by atoms with E-state index >= 15 is 0 Å². The van der Waals surface area contributed by atoms with Crippen LogP contribution >= 0.6 is 0 Å². The van der Waals surface area contributed by atoms with Gasteiger partial charge in [-0.05, 0) is 30.3 Å². The Morgan fingerprint density at radius 2 is 1.90 bits per heavy atom. The van der Waals surface area contributed by atoms with Gasteiger partial charge in [-0.2, -0.15) is 5.10 Å². The molecule has 2 heterocycles. The maximum absolute atomic E-state index is 12.1. The van der Waals surface area contributed by atoms with Gasteiger partial charge in [0.2, 0.25) is 0 Å². The third-order valence-electron chi connectivity index (χ3n) is 4.46. The highest BCUT2D eigenvalue weighted by molar-refractivity contribution is 6.00. The number of para-hydroxylation sites is 2. The molecule has 0 spiro atoms. The number of ether oxygens (including phenoxy) is 1. The number of benzene rings is 2. The Labute approximate surface area is 168 Å². The third-order valence-corrected chi connectivity index (χ3v) is 4.46. The van der Waals surface area contributed by atoms with Gasteiger partial charge in [-0.1, -0.05) is 36.4 Å². The van der Waals surface area contributed by atoms with Crippen LogP contribution in [0.2, 0.25) is 0 Å². The van der Waals surface area contributed by atoms with Crippen LogP contribution in [0.25, 0.3) is 10.9 Å². The second kappa shape index (κ2) is 8.84. The van der Waals surface area contributed by atoms with Gasteiger partial charge in [0, 0.05) is 35.1 Å². The predicted molar refractivity (Wildman–Crippen MR) is 113 cm³/mol. The van der Waals surface area contributed by atoms with Gasteiger partial charge in [0.15, 0.2) is 0 Å². The molecule has 0 unspecified atom stereocenters. The van der Waals surface area contributed by atoms with E-state index < -0.39 is 0 Å². The zero-order chi connectivity index (χ0) is 19.9. The molecule has 0 bridgehead atoms. The molecule has 6 nitrogen and oxygen atoms in total. The Balaban J connectivity index is 1.46. The minimum absolute atomic E-state index is 0.297. The van der Waals surface area contributed by atoms with E-state index in [0.717, 1.165) is 22.2 Å². The molecule has 0 atom stereocenters. The number of rotatable bonds is 7. The molecule has 2 aromatic carbocycles. The molecule has 29 heavy (non-hydrogen) atoms. The lowest BCUT2D eigenvalue weighted by molar-refractivity contribution is 0.0955. The highest BCUT2D eigenvalue weighted by Gasteiger charge is 2.07. The number of amides is 1. The Bertz CT molecular complexity index is 1120. The number of fused-ring (bicyclic) bond motifs is 1. The molecular formula is C23H20N4O2. The van der Waals surface area contributed by atoms with Crippen molar-refractivity contribution in [2.24, 2.45) is 5.10 Å². The summed E-state index contributed by atoms with van der Waals surface area (Å²) in [6, 6.07) is 21.2. The van der Waals surface area contributed by atoms with Crippen molar-refractivity contribution >= 4 is 23.0 Å². The molecule has 0 aliphatic carbocycles. The summed E-state index contributed by atoms with van der Waals surface area (Å²) in [4.78, 5) is 16.0. The zero-order valence-corrected chi connectivity index (χ0v) is 15.7. The predicted octanol–water partition coefficient (Wildman–Crippen LogP) is 3.88. The van der Waals surface area contributed by atoms with Crippen LogP contribution in [0, 0.1) is 0 Å². The first-order valence-electron chi connectivity index (χ1n) is 9.30. The largest absolute Gasteiger partial charge is 0.492 e. The molecule has 1 N–H and O–H groups in total. The normalized spacial score (nSPS) is 11.0. The molecule has 0 radical (unpaired) electrons. The van der Waals surface area contributed by atoms with E-state index in [2.05, 4.69) is 26.1 Å². The summed E-state index contributed by atoms with van der Waals surface area (Å²) in [6.45, 7) is 1.25. The third kappa shape index (κ3) is 4.50. The van der Waals surface area contributed by atoms with Gasteiger partial charge in [0.1, 0.15) is 12.4 Å². The van der Waals surface area contributed by atoms with Crippen LogP contribution in [0.5, 0.6) is 5.75 Å². The second-order valence-corrected chi connectivity index (χ2v) is 6.40. The molecule has 0 aliphatic heterocycles. The minimum Gasteiger partial charge on any atom is -0.492 e. The minimum atomic E-state index is -0.297. The van der Waals surface area contributed by atoms with E-state index in [1.54, 1.807) is 24.5 Å². The Morgan fingerprint density at radius 1 is 1.07 bits per heavy atom. The van der Waals surface area contributed by atoms with E-state index in [0.29, 0.717) is 18.7 Å². The number of hydrazone groups is 1. The van der Waals surface area contributed by atoms with Gasteiger partial charge in [-0.3, -0.25) is 9.78 Å². The smallest absolute Gasteiger partial charge is 0.272 e. The maximum Gasteiger partial charge on any atom is 0.272 e. The fraction of sp³-hybridized carbons (Fsp3) is 0.0870. The van der Waals surface area contributed by atoms with Crippen LogP contribution in [-0.2, 0) is 6.54 Å². The van der Waals surface area contributed by atoms with Crippen LogP contribution in [0.3, 0.4) is 0 Å². The van der Waals surface area contributed by atoms with E-state index in [-0.39, 0.29) is 5.91 Å². The van der Waals surface area contributed by atoms with Gasteiger partial charge >= 0.3 is 0 Å². The number of hydrogen-bond acceptors (Lipinski definition) is 4. The first kappa shape index (κ1) is 18.4. The molecule has 2 aromatic heterocycles. The number of pyridine rings is 1. The van der Waals surface area contributed by atoms with Crippen molar-refractivity contribution in [1.82, 2.24) is 15.0 Å². The molecule has 1 amide bonds. The lowest BCUT2D eigenvalue weighted by atomic mass is 10.2. The molecule has 4 aromatic rings. The van der Waals surface area contributed by atoms with Crippen molar-refractivity contribution in [1.29, 1.82) is 0 Å². The highest BCUT2D eigenvalue weighted by atomic mass is 16.5. The lowest BCUT2D eigenvalue weighted by Gasteiger charge is -2.08. The van der Waals surface area contributed by atoms with E-state index in [4.69, 9.17) is 4.74 Å². The summed E-state index contributed by atoms with van der Waals surface area (Å²) < 4.78 is 7.94. The topological polar surface area (TPSA) is 68.5 Å². The van der Waals surface area contributed by atoms with Crippen LogP contribution in [0.1, 0.15) is 15.9 Å². The standard InChI is InChI=1S/C23H20N4O2/c28-23(18-7-6-12-24-15-18)26-25-16-19-17-27(22-11-5-4-10-21(19)22)13-14-29-20-8-2-1-3-9-20/h1-12,15-17H,13-14H2,(H,26,28). The summed E-state index contributed by atoms with van der Waals surface area (Å²) in [6.07, 6.45) is 6.80. The molecule has 0 fully saturated rings. The second-order valence-electron chi connectivity index (χ2n) is 6.40. The Morgan fingerprint density at radius 3 is 2.72 bits per heavy atom. The van der Waals surface area contributed by atoms with Crippen LogP contribution in [-0.4, -0.2) is 28.3 Å². The summed E-state index contributed by atoms with van der Waals surface area (Å²) in [7, 11) is 0. The molecule has 4 rings (SSSR count). The fourth-order valence-corrected chi connectivity index (χ4v) is 3.06. The molecule has 0 saturated heterocycles.